The zero-order valence-electron chi connectivity index (χ0n) is 15.1. The molecule has 1 aliphatic carbocycles. The van der Waals surface area contributed by atoms with E-state index in [1.54, 1.807) is 21.3 Å². The van der Waals surface area contributed by atoms with E-state index in [0.29, 0.717) is 30.1 Å². The van der Waals surface area contributed by atoms with Crippen LogP contribution in [-0.4, -0.2) is 39.3 Å². The molecule has 0 spiro atoms. The Bertz CT molecular complexity index is 806. The van der Waals surface area contributed by atoms with Crippen molar-refractivity contribution in [2.75, 3.05) is 28.1 Å². The Balaban J connectivity index is 1.84. The minimum Gasteiger partial charge on any atom is -0.493 e. The standard InChI is InChI=1S/C20H22O6/c1-22-18-6-12(7-19(23-2)20(18)24-3)14-8-13(21)4-11-5-16-17(9-15(11)14)26-10-25-16/h5-7,9,13-14,21H,4,8,10H2,1-3H3. The van der Waals surface area contributed by atoms with Crippen molar-refractivity contribution in [2.45, 2.75) is 24.9 Å². The quantitative estimate of drug-likeness (QED) is 0.907. The lowest BCUT2D eigenvalue weighted by atomic mass is 9.77. The molecule has 0 radical (unpaired) electrons. The maximum Gasteiger partial charge on any atom is 0.231 e. The molecule has 0 aromatic heterocycles. The highest BCUT2D eigenvalue weighted by Gasteiger charge is 2.31. The summed E-state index contributed by atoms with van der Waals surface area (Å²) in [5.74, 6) is 3.24. The van der Waals surface area contributed by atoms with Crippen LogP contribution in [0.4, 0.5) is 0 Å². The van der Waals surface area contributed by atoms with Crippen LogP contribution in [0.2, 0.25) is 0 Å². The number of rotatable bonds is 4. The van der Waals surface area contributed by atoms with E-state index in [4.69, 9.17) is 23.7 Å². The molecule has 0 bridgehead atoms. The van der Waals surface area contributed by atoms with Crippen molar-refractivity contribution in [3.8, 4) is 28.7 Å². The van der Waals surface area contributed by atoms with E-state index in [9.17, 15) is 5.11 Å². The van der Waals surface area contributed by atoms with Crippen molar-refractivity contribution in [1.29, 1.82) is 0 Å². The second kappa shape index (κ2) is 6.61. The molecule has 4 rings (SSSR count). The zero-order chi connectivity index (χ0) is 18.3. The monoisotopic (exact) mass is 358 g/mol. The first-order valence-corrected chi connectivity index (χ1v) is 8.55. The molecular formula is C20H22O6. The lowest BCUT2D eigenvalue weighted by Crippen LogP contribution is -2.23. The van der Waals surface area contributed by atoms with Crippen LogP contribution in [0.5, 0.6) is 28.7 Å². The first kappa shape index (κ1) is 16.8. The van der Waals surface area contributed by atoms with Crippen LogP contribution in [0.1, 0.15) is 29.0 Å². The number of ether oxygens (including phenoxy) is 5. The first-order chi connectivity index (χ1) is 12.6. The van der Waals surface area contributed by atoms with E-state index in [-0.39, 0.29) is 12.7 Å². The summed E-state index contributed by atoms with van der Waals surface area (Å²) in [5.41, 5.74) is 3.21. The largest absolute Gasteiger partial charge is 0.493 e. The maximum atomic E-state index is 10.4. The van der Waals surface area contributed by atoms with Gasteiger partial charge in [-0.05, 0) is 53.8 Å². The molecule has 0 saturated carbocycles. The first-order valence-electron chi connectivity index (χ1n) is 8.55. The average Bonchev–Trinajstić information content (AvgIpc) is 3.11. The van der Waals surface area contributed by atoms with Crippen molar-refractivity contribution < 1.29 is 28.8 Å². The molecule has 0 saturated heterocycles. The minimum absolute atomic E-state index is 0.00282. The molecule has 2 atom stereocenters. The van der Waals surface area contributed by atoms with Crippen LogP contribution in [-0.2, 0) is 6.42 Å². The van der Waals surface area contributed by atoms with Gasteiger partial charge in [0.15, 0.2) is 23.0 Å². The van der Waals surface area contributed by atoms with Gasteiger partial charge in [-0.1, -0.05) is 0 Å². The topological polar surface area (TPSA) is 66.4 Å². The Morgan fingerprint density at radius 2 is 1.58 bits per heavy atom. The van der Waals surface area contributed by atoms with Crippen LogP contribution in [0, 0.1) is 0 Å². The molecule has 2 aliphatic rings. The molecule has 6 nitrogen and oxygen atoms in total. The van der Waals surface area contributed by atoms with Crippen molar-refractivity contribution in [2.24, 2.45) is 0 Å². The van der Waals surface area contributed by atoms with E-state index in [1.807, 2.05) is 24.3 Å². The van der Waals surface area contributed by atoms with Gasteiger partial charge in [-0.15, -0.1) is 0 Å². The minimum atomic E-state index is -0.424. The highest BCUT2D eigenvalue weighted by Crippen LogP contribution is 2.47. The van der Waals surface area contributed by atoms with Gasteiger partial charge in [0.05, 0.1) is 27.4 Å². The molecule has 1 heterocycles. The fraction of sp³-hybridized carbons (Fsp3) is 0.400. The molecule has 0 fully saturated rings. The number of fused-ring (bicyclic) bond motifs is 2. The molecule has 26 heavy (non-hydrogen) atoms. The molecule has 1 N–H and O–H groups in total. The zero-order valence-corrected chi connectivity index (χ0v) is 15.1. The second-order valence-corrected chi connectivity index (χ2v) is 6.51. The van der Waals surface area contributed by atoms with E-state index >= 15 is 0 Å². The van der Waals surface area contributed by atoms with Crippen LogP contribution in [0.25, 0.3) is 0 Å². The van der Waals surface area contributed by atoms with Gasteiger partial charge in [-0.2, -0.15) is 0 Å². The highest BCUT2D eigenvalue weighted by atomic mass is 16.7. The highest BCUT2D eigenvalue weighted by molar-refractivity contribution is 5.58. The summed E-state index contributed by atoms with van der Waals surface area (Å²) in [6.07, 6.45) is 0.796. The fourth-order valence-corrected chi connectivity index (χ4v) is 3.86. The number of aliphatic hydroxyl groups is 1. The number of hydrogen-bond acceptors (Lipinski definition) is 6. The van der Waals surface area contributed by atoms with Gasteiger partial charge >= 0.3 is 0 Å². The van der Waals surface area contributed by atoms with E-state index < -0.39 is 6.10 Å². The molecule has 0 amide bonds. The van der Waals surface area contributed by atoms with Gasteiger partial charge < -0.3 is 28.8 Å². The third-order valence-electron chi connectivity index (χ3n) is 5.06. The number of aliphatic hydroxyl groups excluding tert-OH is 1. The van der Waals surface area contributed by atoms with Crippen LogP contribution in [0.3, 0.4) is 0 Å². The maximum absolute atomic E-state index is 10.4. The SMILES string of the molecule is COc1cc(C2CC(O)Cc3cc4c(cc32)OCO4)cc(OC)c1OC. The third kappa shape index (κ3) is 2.70. The Kier molecular flexibility index (Phi) is 4.28. The average molecular weight is 358 g/mol. The van der Waals surface area contributed by atoms with E-state index in [2.05, 4.69) is 0 Å². The van der Waals surface area contributed by atoms with Gasteiger partial charge in [0.1, 0.15) is 0 Å². The van der Waals surface area contributed by atoms with Crippen LogP contribution < -0.4 is 23.7 Å². The lowest BCUT2D eigenvalue weighted by molar-refractivity contribution is 0.151. The molecule has 2 unspecified atom stereocenters. The van der Waals surface area contributed by atoms with Crippen molar-refractivity contribution in [3.05, 3.63) is 41.0 Å². The number of methoxy groups -OCH3 is 3. The summed E-state index contributed by atoms with van der Waals surface area (Å²) in [4.78, 5) is 0. The Morgan fingerprint density at radius 3 is 2.19 bits per heavy atom. The van der Waals surface area contributed by atoms with Crippen molar-refractivity contribution in [1.82, 2.24) is 0 Å². The Hall–Kier alpha value is -2.60. The predicted molar refractivity (Wildman–Crippen MR) is 94.8 cm³/mol. The lowest BCUT2D eigenvalue weighted by Gasteiger charge is -2.30. The third-order valence-corrected chi connectivity index (χ3v) is 5.06. The van der Waals surface area contributed by atoms with Gasteiger partial charge in [0.25, 0.3) is 0 Å². The van der Waals surface area contributed by atoms with Crippen molar-refractivity contribution in [3.63, 3.8) is 0 Å². The predicted octanol–water partition coefficient (Wildman–Crippen LogP) is 2.88. The molecule has 6 heteroatoms. The number of hydrogen-bond donors (Lipinski definition) is 1. The molecule has 1 aliphatic heterocycles. The van der Waals surface area contributed by atoms with Crippen LogP contribution in [0.15, 0.2) is 24.3 Å². The Labute approximate surface area is 152 Å². The summed E-state index contributed by atoms with van der Waals surface area (Å²) < 4.78 is 27.4. The molecule has 138 valence electrons. The van der Waals surface area contributed by atoms with Gasteiger partial charge in [0.2, 0.25) is 12.5 Å². The van der Waals surface area contributed by atoms with Crippen LogP contribution >= 0.6 is 0 Å². The molecule has 2 aromatic carbocycles. The fourth-order valence-electron chi connectivity index (χ4n) is 3.86. The number of benzene rings is 2. The van der Waals surface area contributed by atoms with Gasteiger partial charge in [-0.25, -0.2) is 0 Å². The molecular weight excluding hydrogens is 336 g/mol. The smallest absolute Gasteiger partial charge is 0.231 e. The summed E-state index contributed by atoms with van der Waals surface area (Å²) in [5, 5.41) is 10.4. The second-order valence-electron chi connectivity index (χ2n) is 6.51. The van der Waals surface area contributed by atoms with Gasteiger partial charge in [-0.3, -0.25) is 0 Å². The summed E-state index contributed by atoms with van der Waals surface area (Å²) in [6.45, 7) is 0.232. The summed E-state index contributed by atoms with van der Waals surface area (Å²) in [7, 11) is 4.78. The van der Waals surface area contributed by atoms with Gasteiger partial charge in [0, 0.05) is 5.92 Å². The van der Waals surface area contributed by atoms with E-state index in [0.717, 1.165) is 28.2 Å². The summed E-state index contributed by atoms with van der Waals surface area (Å²) >= 11 is 0. The van der Waals surface area contributed by atoms with Crippen molar-refractivity contribution >= 4 is 0 Å². The summed E-state index contributed by atoms with van der Waals surface area (Å²) in [6, 6.07) is 7.89. The van der Waals surface area contributed by atoms with E-state index in [1.165, 1.54) is 0 Å². The molecule has 2 aromatic rings. The Morgan fingerprint density at radius 1 is 0.923 bits per heavy atom. The normalized spacial score (nSPS) is 20.5.